The Bertz CT molecular complexity index is 572. The first-order chi connectivity index (χ1) is 8.70. The van der Waals surface area contributed by atoms with Gasteiger partial charge in [0.2, 0.25) is 0 Å². The number of nitrogen functional groups attached to an aromatic ring is 1. The normalized spacial score (nSPS) is 28.0. The Balaban J connectivity index is 1.99. The summed E-state index contributed by atoms with van der Waals surface area (Å²) in [5.74, 6) is 0.239. The highest BCUT2D eigenvalue weighted by molar-refractivity contribution is 5.80. The molecule has 0 unspecified atom stereocenters. The Labute approximate surface area is 101 Å². The smallest absolute Gasteiger partial charge is 0.186 e. The maximum atomic E-state index is 9.68. The number of rotatable bonds is 2. The predicted molar refractivity (Wildman–Crippen MR) is 59.2 cm³/mol. The lowest BCUT2D eigenvalue weighted by Crippen LogP contribution is -2.24. The van der Waals surface area contributed by atoms with E-state index in [1.807, 2.05) is 0 Å². The number of fused-ring (bicyclic) bond motifs is 1. The maximum Gasteiger partial charge on any atom is 0.186 e. The molecule has 3 atom stereocenters. The average molecular weight is 252 g/mol. The molecular formula is C9H12N6O3. The molecule has 1 fully saturated rings. The molecule has 0 saturated carbocycles. The molecule has 4 N–H and O–H groups in total. The number of aliphatic hydroxyl groups is 2. The molecule has 9 heteroatoms. The molecular weight excluding hydrogens is 240 g/mol. The quantitative estimate of drug-likeness (QED) is 0.584. The van der Waals surface area contributed by atoms with E-state index in [4.69, 9.17) is 15.6 Å². The van der Waals surface area contributed by atoms with Gasteiger partial charge in [-0.05, 0) is 0 Å². The summed E-state index contributed by atoms with van der Waals surface area (Å²) >= 11 is 0. The molecule has 0 spiro atoms. The minimum Gasteiger partial charge on any atom is -0.394 e. The molecule has 2 aromatic rings. The third-order valence-electron chi connectivity index (χ3n) is 2.95. The van der Waals surface area contributed by atoms with Crippen LogP contribution in [0.1, 0.15) is 12.6 Å². The number of aromatic nitrogens is 5. The van der Waals surface area contributed by atoms with E-state index in [1.165, 1.54) is 11.0 Å². The van der Waals surface area contributed by atoms with E-state index in [1.54, 1.807) is 0 Å². The molecule has 0 radical (unpaired) electrons. The van der Waals surface area contributed by atoms with Crippen LogP contribution >= 0.6 is 0 Å². The van der Waals surface area contributed by atoms with Gasteiger partial charge in [-0.1, -0.05) is 5.21 Å². The van der Waals surface area contributed by atoms with E-state index in [0.29, 0.717) is 17.6 Å². The summed E-state index contributed by atoms with van der Waals surface area (Å²) in [5.41, 5.74) is 6.49. The van der Waals surface area contributed by atoms with Crippen LogP contribution in [0.4, 0.5) is 5.82 Å². The maximum absolute atomic E-state index is 9.68. The van der Waals surface area contributed by atoms with Gasteiger partial charge in [0.05, 0.1) is 12.7 Å². The van der Waals surface area contributed by atoms with Crippen molar-refractivity contribution < 1.29 is 14.9 Å². The SMILES string of the molecule is Nc1ncnc2c1nnn2[C@@H]1C[C@H](O)[C@@H](CO)O1. The van der Waals surface area contributed by atoms with Gasteiger partial charge in [0.1, 0.15) is 12.4 Å². The average Bonchev–Trinajstić information content (AvgIpc) is 2.93. The van der Waals surface area contributed by atoms with Crippen LogP contribution in [-0.2, 0) is 4.74 Å². The number of anilines is 1. The van der Waals surface area contributed by atoms with Gasteiger partial charge in [-0.3, -0.25) is 0 Å². The molecule has 1 aliphatic rings. The first kappa shape index (κ1) is 11.3. The summed E-state index contributed by atoms with van der Waals surface area (Å²) < 4.78 is 6.91. The highest BCUT2D eigenvalue weighted by Crippen LogP contribution is 2.29. The molecule has 0 bridgehead atoms. The summed E-state index contributed by atoms with van der Waals surface area (Å²) in [5, 5.41) is 26.5. The van der Waals surface area contributed by atoms with Crippen LogP contribution in [0, 0.1) is 0 Å². The van der Waals surface area contributed by atoms with Gasteiger partial charge >= 0.3 is 0 Å². The Morgan fingerprint density at radius 3 is 3.06 bits per heavy atom. The molecule has 3 rings (SSSR count). The largest absolute Gasteiger partial charge is 0.394 e. The molecule has 0 amide bonds. The van der Waals surface area contributed by atoms with Crippen molar-refractivity contribution in [3.63, 3.8) is 0 Å². The third-order valence-corrected chi connectivity index (χ3v) is 2.95. The van der Waals surface area contributed by atoms with Gasteiger partial charge in [-0.25, -0.2) is 9.97 Å². The third kappa shape index (κ3) is 1.60. The fourth-order valence-corrected chi connectivity index (χ4v) is 2.00. The van der Waals surface area contributed by atoms with Gasteiger partial charge in [-0.15, -0.1) is 5.10 Å². The predicted octanol–water partition coefficient (Wildman–Crippen LogP) is -1.56. The second-order valence-electron chi connectivity index (χ2n) is 4.08. The van der Waals surface area contributed by atoms with Crippen molar-refractivity contribution in [3.8, 4) is 0 Å². The van der Waals surface area contributed by atoms with Crippen molar-refractivity contribution in [2.75, 3.05) is 12.3 Å². The molecule has 1 saturated heterocycles. The Morgan fingerprint density at radius 1 is 1.50 bits per heavy atom. The standard InChI is InChI=1S/C9H12N6O3/c10-8-7-9(12-3-11-8)15(14-13-7)6-1-4(17)5(2-16)18-6/h3-6,16-17H,1-2H2,(H2,10,11,12)/t4-,5+,6-/m0/s1. The Morgan fingerprint density at radius 2 is 2.33 bits per heavy atom. The van der Waals surface area contributed by atoms with Crippen molar-refractivity contribution in [3.05, 3.63) is 6.33 Å². The number of ether oxygens (including phenoxy) is 1. The van der Waals surface area contributed by atoms with E-state index >= 15 is 0 Å². The van der Waals surface area contributed by atoms with Gasteiger partial charge < -0.3 is 20.7 Å². The summed E-state index contributed by atoms with van der Waals surface area (Å²) in [6.45, 7) is -0.249. The van der Waals surface area contributed by atoms with Crippen LogP contribution in [-0.4, -0.2) is 54.0 Å². The number of nitrogens with zero attached hydrogens (tertiary/aromatic N) is 5. The minimum atomic E-state index is -0.738. The van der Waals surface area contributed by atoms with Crippen LogP contribution in [0.3, 0.4) is 0 Å². The molecule has 18 heavy (non-hydrogen) atoms. The highest BCUT2D eigenvalue weighted by Gasteiger charge is 2.36. The van der Waals surface area contributed by atoms with E-state index in [0.717, 1.165) is 0 Å². The number of hydrogen-bond acceptors (Lipinski definition) is 8. The second-order valence-corrected chi connectivity index (χ2v) is 4.08. The van der Waals surface area contributed by atoms with Crippen molar-refractivity contribution in [2.24, 2.45) is 0 Å². The first-order valence-electron chi connectivity index (χ1n) is 5.46. The van der Waals surface area contributed by atoms with Crippen molar-refractivity contribution >= 4 is 17.0 Å². The van der Waals surface area contributed by atoms with Crippen LogP contribution in [0.15, 0.2) is 6.33 Å². The molecule has 3 heterocycles. The van der Waals surface area contributed by atoms with E-state index in [-0.39, 0.29) is 12.4 Å². The molecule has 2 aromatic heterocycles. The molecule has 96 valence electrons. The topological polar surface area (TPSA) is 132 Å². The summed E-state index contributed by atoms with van der Waals surface area (Å²) in [4.78, 5) is 7.86. The van der Waals surface area contributed by atoms with Crippen LogP contribution < -0.4 is 5.73 Å². The zero-order chi connectivity index (χ0) is 12.7. The fraction of sp³-hybridized carbons (Fsp3) is 0.556. The van der Waals surface area contributed by atoms with E-state index in [9.17, 15) is 5.11 Å². The fourth-order valence-electron chi connectivity index (χ4n) is 2.00. The Kier molecular flexibility index (Phi) is 2.58. The monoisotopic (exact) mass is 252 g/mol. The number of nitrogens with two attached hydrogens (primary N) is 1. The van der Waals surface area contributed by atoms with Crippen LogP contribution in [0.25, 0.3) is 11.2 Å². The Hall–Kier alpha value is -1.84. The van der Waals surface area contributed by atoms with Crippen molar-refractivity contribution in [1.29, 1.82) is 0 Å². The molecule has 9 nitrogen and oxygen atoms in total. The summed E-state index contributed by atoms with van der Waals surface area (Å²) in [6.07, 6.45) is -0.247. The van der Waals surface area contributed by atoms with Gasteiger partial charge in [-0.2, -0.15) is 4.68 Å². The summed E-state index contributed by atoms with van der Waals surface area (Å²) in [6, 6.07) is 0. The van der Waals surface area contributed by atoms with Gasteiger partial charge in [0.15, 0.2) is 23.2 Å². The second kappa shape index (κ2) is 4.12. The molecule has 0 aliphatic carbocycles. The van der Waals surface area contributed by atoms with Crippen molar-refractivity contribution in [1.82, 2.24) is 25.0 Å². The highest BCUT2D eigenvalue weighted by atomic mass is 16.5. The van der Waals surface area contributed by atoms with Gasteiger partial charge in [0, 0.05) is 6.42 Å². The van der Waals surface area contributed by atoms with Crippen LogP contribution in [0.5, 0.6) is 0 Å². The lowest BCUT2D eigenvalue weighted by Gasteiger charge is -2.11. The summed E-state index contributed by atoms with van der Waals surface area (Å²) in [7, 11) is 0. The number of hydrogen-bond donors (Lipinski definition) is 3. The van der Waals surface area contributed by atoms with E-state index < -0.39 is 18.4 Å². The van der Waals surface area contributed by atoms with Crippen molar-refractivity contribution in [2.45, 2.75) is 24.9 Å². The zero-order valence-electron chi connectivity index (χ0n) is 9.34. The van der Waals surface area contributed by atoms with Gasteiger partial charge in [0.25, 0.3) is 0 Å². The van der Waals surface area contributed by atoms with E-state index in [2.05, 4.69) is 20.3 Å². The zero-order valence-corrected chi connectivity index (χ0v) is 9.34. The molecule has 1 aliphatic heterocycles. The van der Waals surface area contributed by atoms with Crippen LogP contribution in [0.2, 0.25) is 0 Å². The number of aliphatic hydroxyl groups excluding tert-OH is 2. The minimum absolute atomic E-state index is 0.239. The first-order valence-corrected chi connectivity index (χ1v) is 5.46. The lowest BCUT2D eigenvalue weighted by atomic mass is 10.2. The lowest BCUT2D eigenvalue weighted by molar-refractivity contribution is -0.0476. The molecule has 0 aromatic carbocycles.